The van der Waals surface area contributed by atoms with E-state index >= 15 is 0 Å². The maximum Gasteiger partial charge on any atom is 0.136 e. The predicted molar refractivity (Wildman–Crippen MR) is 209 cm³/mol. The van der Waals surface area contributed by atoms with E-state index in [1.54, 1.807) is 0 Å². The van der Waals surface area contributed by atoms with Gasteiger partial charge in [-0.05, 0) is 124 Å². The standard InChI is InChI=1S/C48H28O/c1-2-12-30-25-32(24-23-29(30)11-1)41-28-34(26-31-13-3-4-15-35(31)41)45-36-16-5-7-18-38(36)47(39-19-8-6-17-37(39)45)42-27-33-14-9-21-43-46(33)48-40(42)20-10-22-44(48)49-43/h1-28H. The van der Waals surface area contributed by atoms with Crippen LogP contribution in [0, 0.1) is 0 Å². The summed E-state index contributed by atoms with van der Waals surface area (Å²) in [5.74, 6) is 0. The molecule has 0 spiro atoms. The minimum Gasteiger partial charge on any atom is -0.456 e. The van der Waals surface area contributed by atoms with Crippen LogP contribution in [0.25, 0.3) is 109 Å². The molecule has 0 bridgehead atoms. The highest BCUT2D eigenvalue weighted by Gasteiger charge is 2.22. The van der Waals surface area contributed by atoms with Crippen molar-refractivity contribution in [2.45, 2.75) is 0 Å². The van der Waals surface area contributed by atoms with Crippen molar-refractivity contribution >= 4 is 75.8 Å². The van der Waals surface area contributed by atoms with E-state index in [-0.39, 0.29) is 0 Å². The molecule has 11 rings (SSSR count). The van der Waals surface area contributed by atoms with Crippen LogP contribution in [0.15, 0.2) is 174 Å². The van der Waals surface area contributed by atoms with Gasteiger partial charge in [-0.3, -0.25) is 0 Å². The molecule has 0 aliphatic carbocycles. The van der Waals surface area contributed by atoms with Gasteiger partial charge in [0.1, 0.15) is 11.2 Å². The Hall–Kier alpha value is -6.44. The van der Waals surface area contributed by atoms with E-state index in [1.165, 1.54) is 98.0 Å². The summed E-state index contributed by atoms with van der Waals surface area (Å²) in [6.45, 7) is 0. The first-order valence-electron chi connectivity index (χ1n) is 16.9. The second kappa shape index (κ2) is 10.0. The van der Waals surface area contributed by atoms with Gasteiger partial charge in [0.15, 0.2) is 0 Å². The zero-order valence-corrected chi connectivity index (χ0v) is 26.6. The lowest BCUT2D eigenvalue weighted by molar-refractivity contribution is 0.669. The van der Waals surface area contributed by atoms with Crippen LogP contribution in [-0.4, -0.2) is 0 Å². The molecule has 0 radical (unpaired) electrons. The highest BCUT2D eigenvalue weighted by atomic mass is 16.3. The molecule has 1 heteroatoms. The quantitative estimate of drug-likeness (QED) is 0.141. The zero-order valence-electron chi connectivity index (χ0n) is 26.6. The molecule has 49 heavy (non-hydrogen) atoms. The van der Waals surface area contributed by atoms with Gasteiger partial charge < -0.3 is 4.42 Å². The second-order valence-electron chi connectivity index (χ2n) is 13.2. The Kier molecular flexibility index (Phi) is 5.45. The molecule has 226 valence electrons. The molecular formula is C48H28O. The predicted octanol–water partition coefficient (Wildman–Crippen LogP) is 13.8. The van der Waals surface area contributed by atoms with Crippen molar-refractivity contribution in [2.75, 3.05) is 0 Å². The molecule has 11 aromatic rings. The van der Waals surface area contributed by atoms with E-state index in [4.69, 9.17) is 4.42 Å². The van der Waals surface area contributed by atoms with Crippen LogP contribution in [-0.2, 0) is 0 Å². The van der Waals surface area contributed by atoms with E-state index in [9.17, 15) is 0 Å². The largest absolute Gasteiger partial charge is 0.456 e. The summed E-state index contributed by atoms with van der Waals surface area (Å²) in [5.41, 5.74) is 9.35. The van der Waals surface area contributed by atoms with Gasteiger partial charge in [0.05, 0.1) is 0 Å². The summed E-state index contributed by atoms with van der Waals surface area (Å²) >= 11 is 0. The minimum absolute atomic E-state index is 0.938. The molecule has 0 saturated heterocycles. The SMILES string of the molecule is c1ccc2cc(-c3cc(-c4c5ccccc5c(-c5cc6cccc7oc8cccc5c8c67)c5ccccc45)cc4ccccc34)ccc2c1. The van der Waals surface area contributed by atoms with Crippen molar-refractivity contribution in [3.63, 3.8) is 0 Å². The first kappa shape index (κ1) is 26.6. The average Bonchev–Trinajstić information content (AvgIpc) is 3.55. The summed E-state index contributed by atoms with van der Waals surface area (Å²) in [6.07, 6.45) is 0. The lowest BCUT2D eigenvalue weighted by atomic mass is 9.83. The van der Waals surface area contributed by atoms with E-state index in [0.717, 1.165) is 11.2 Å². The van der Waals surface area contributed by atoms with Gasteiger partial charge in [-0.25, -0.2) is 0 Å². The van der Waals surface area contributed by atoms with Gasteiger partial charge in [-0.15, -0.1) is 0 Å². The van der Waals surface area contributed by atoms with Gasteiger partial charge >= 0.3 is 0 Å². The average molecular weight is 621 g/mol. The molecule has 0 aliphatic heterocycles. The van der Waals surface area contributed by atoms with Crippen LogP contribution in [0.2, 0.25) is 0 Å². The molecule has 0 saturated carbocycles. The van der Waals surface area contributed by atoms with Crippen molar-refractivity contribution in [3.8, 4) is 33.4 Å². The Morgan fingerprint density at radius 3 is 1.59 bits per heavy atom. The summed E-state index contributed by atoms with van der Waals surface area (Å²) in [5, 5.41) is 14.8. The van der Waals surface area contributed by atoms with Crippen LogP contribution in [0.4, 0.5) is 0 Å². The minimum atomic E-state index is 0.938. The first-order valence-corrected chi connectivity index (χ1v) is 16.9. The number of rotatable bonds is 3. The van der Waals surface area contributed by atoms with Crippen LogP contribution >= 0.6 is 0 Å². The first-order chi connectivity index (χ1) is 24.3. The van der Waals surface area contributed by atoms with Gasteiger partial charge in [-0.2, -0.15) is 0 Å². The number of furan rings is 1. The summed E-state index contributed by atoms with van der Waals surface area (Å²) < 4.78 is 6.36. The Labute approximate surface area is 282 Å². The lowest BCUT2D eigenvalue weighted by Gasteiger charge is -2.20. The molecule has 1 nitrogen and oxygen atoms in total. The molecular weight excluding hydrogens is 593 g/mol. The Morgan fingerprint density at radius 1 is 0.286 bits per heavy atom. The fourth-order valence-corrected chi connectivity index (χ4v) is 8.46. The molecule has 0 N–H and O–H groups in total. The lowest BCUT2D eigenvalue weighted by Crippen LogP contribution is -1.93. The van der Waals surface area contributed by atoms with Gasteiger partial charge in [-0.1, -0.05) is 133 Å². The molecule has 1 aromatic heterocycles. The number of hydrogen-bond acceptors (Lipinski definition) is 1. The van der Waals surface area contributed by atoms with Crippen LogP contribution in [0.3, 0.4) is 0 Å². The fourth-order valence-electron chi connectivity index (χ4n) is 8.46. The van der Waals surface area contributed by atoms with E-state index in [1.807, 2.05) is 0 Å². The maximum absolute atomic E-state index is 6.36. The fraction of sp³-hybridized carbons (Fsp3) is 0. The van der Waals surface area contributed by atoms with E-state index in [2.05, 4.69) is 170 Å². The normalized spacial score (nSPS) is 12.1. The Morgan fingerprint density at radius 2 is 0.837 bits per heavy atom. The molecule has 0 unspecified atom stereocenters. The van der Waals surface area contributed by atoms with E-state index in [0.29, 0.717) is 0 Å². The monoisotopic (exact) mass is 620 g/mol. The molecule has 1 heterocycles. The van der Waals surface area contributed by atoms with E-state index < -0.39 is 0 Å². The molecule has 0 fully saturated rings. The second-order valence-corrected chi connectivity index (χ2v) is 13.2. The number of hydrogen-bond donors (Lipinski definition) is 0. The van der Waals surface area contributed by atoms with Crippen molar-refractivity contribution < 1.29 is 4.42 Å². The highest BCUT2D eigenvalue weighted by molar-refractivity contribution is 6.30. The number of fused-ring (bicyclic) bond motifs is 4. The molecule has 0 amide bonds. The zero-order chi connectivity index (χ0) is 32.1. The third-order valence-corrected chi connectivity index (χ3v) is 10.6. The van der Waals surface area contributed by atoms with Crippen LogP contribution in [0.5, 0.6) is 0 Å². The van der Waals surface area contributed by atoms with Crippen molar-refractivity contribution in [1.82, 2.24) is 0 Å². The molecule has 10 aromatic carbocycles. The van der Waals surface area contributed by atoms with Gasteiger partial charge in [0.2, 0.25) is 0 Å². The smallest absolute Gasteiger partial charge is 0.136 e. The van der Waals surface area contributed by atoms with Crippen molar-refractivity contribution in [1.29, 1.82) is 0 Å². The number of benzene rings is 10. The van der Waals surface area contributed by atoms with Crippen molar-refractivity contribution in [2.24, 2.45) is 0 Å². The van der Waals surface area contributed by atoms with Crippen LogP contribution in [0.1, 0.15) is 0 Å². The topological polar surface area (TPSA) is 13.1 Å². The Bertz CT molecular complexity index is 3050. The van der Waals surface area contributed by atoms with Crippen molar-refractivity contribution in [3.05, 3.63) is 170 Å². The molecule has 0 aliphatic rings. The summed E-state index contributed by atoms with van der Waals surface area (Å²) in [7, 11) is 0. The third-order valence-electron chi connectivity index (χ3n) is 10.6. The van der Waals surface area contributed by atoms with Gasteiger partial charge in [0, 0.05) is 10.8 Å². The molecule has 0 atom stereocenters. The summed E-state index contributed by atoms with van der Waals surface area (Å²) in [4.78, 5) is 0. The maximum atomic E-state index is 6.36. The summed E-state index contributed by atoms with van der Waals surface area (Å²) in [6, 6.07) is 62.3. The highest BCUT2D eigenvalue weighted by Crippen LogP contribution is 2.49. The Balaban J connectivity index is 1.26. The van der Waals surface area contributed by atoms with Crippen LogP contribution < -0.4 is 0 Å². The van der Waals surface area contributed by atoms with Gasteiger partial charge in [0.25, 0.3) is 0 Å². The third kappa shape index (κ3) is 3.82.